The van der Waals surface area contributed by atoms with Crippen molar-refractivity contribution >= 4 is 6.03 Å². The number of fused-ring (bicyclic) bond motifs is 2. The average molecular weight is 184 g/mol. The minimum atomic E-state index is -0.0605. The molecule has 2 aliphatic rings. The van der Waals surface area contributed by atoms with Crippen LogP contribution in [0.5, 0.6) is 0 Å². The second-order valence-electron chi connectivity index (χ2n) is 3.83. The highest BCUT2D eigenvalue weighted by Gasteiger charge is 2.39. The lowest BCUT2D eigenvalue weighted by atomic mass is 10.0. The number of hydroxylamine groups is 1. The van der Waals surface area contributed by atoms with Gasteiger partial charge in [0.05, 0.1) is 7.11 Å². The fraction of sp³-hybridized carbons (Fsp3) is 0.889. The van der Waals surface area contributed by atoms with E-state index in [9.17, 15) is 4.79 Å². The van der Waals surface area contributed by atoms with E-state index >= 15 is 0 Å². The van der Waals surface area contributed by atoms with Gasteiger partial charge in [-0.05, 0) is 32.1 Å². The second-order valence-corrected chi connectivity index (χ2v) is 3.83. The average Bonchev–Trinajstić information content (AvgIpc) is 2.37. The van der Waals surface area contributed by atoms with Crippen molar-refractivity contribution in [2.24, 2.45) is 0 Å². The van der Waals surface area contributed by atoms with E-state index in [1.165, 1.54) is 26.4 Å². The van der Waals surface area contributed by atoms with Crippen molar-refractivity contribution in [3.8, 4) is 0 Å². The molecule has 0 saturated carbocycles. The summed E-state index contributed by atoms with van der Waals surface area (Å²) in [6.45, 7) is 0. The topological polar surface area (TPSA) is 41.6 Å². The van der Waals surface area contributed by atoms with Crippen LogP contribution < -0.4 is 5.48 Å². The van der Waals surface area contributed by atoms with Crippen LogP contribution in [0.1, 0.15) is 32.1 Å². The molecular weight excluding hydrogens is 168 g/mol. The summed E-state index contributed by atoms with van der Waals surface area (Å²) in [6.07, 6.45) is 5.93. The van der Waals surface area contributed by atoms with Crippen LogP contribution >= 0.6 is 0 Å². The van der Waals surface area contributed by atoms with Gasteiger partial charge in [-0.3, -0.25) is 4.84 Å². The summed E-state index contributed by atoms with van der Waals surface area (Å²) in [5, 5.41) is 0. The van der Waals surface area contributed by atoms with E-state index in [1.54, 1.807) is 0 Å². The van der Waals surface area contributed by atoms with Crippen LogP contribution in [0, 0.1) is 0 Å². The smallest absolute Gasteiger partial charge is 0.317 e. The van der Waals surface area contributed by atoms with E-state index in [-0.39, 0.29) is 6.03 Å². The summed E-state index contributed by atoms with van der Waals surface area (Å²) in [6, 6.07) is 0.873. The number of amides is 2. The zero-order valence-corrected chi connectivity index (χ0v) is 7.95. The van der Waals surface area contributed by atoms with Crippen molar-refractivity contribution in [2.45, 2.75) is 44.2 Å². The number of urea groups is 1. The van der Waals surface area contributed by atoms with Gasteiger partial charge >= 0.3 is 6.03 Å². The number of nitrogens with one attached hydrogen (secondary N) is 1. The van der Waals surface area contributed by atoms with Crippen LogP contribution in [0.15, 0.2) is 0 Å². The summed E-state index contributed by atoms with van der Waals surface area (Å²) in [5.74, 6) is 0. The van der Waals surface area contributed by atoms with Crippen LogP contribution in [0.4, 0.5) is 4.79 Å². The van der Waals surface area contributed by atoms with E-state index in [4.69, 9.17) is 0 Å². The van der Waals surface area contributed by atoms with E-state index in [2.05, 4.69) is 10.3 Å². The molecule has 4 nitrogen and oxygen atoms in total. The molecule has 0 aromatic heterocycles. The Kier molecular flexibility index (Phi) is 2.40. The van der Waals surface area contributed by atoms with Gasteiger partial charge in [-0.1, -0.05) is 0 Å². The Morgan fingerprint density at radius 1 is 1.31 bits per heavy atom. The lowest BCUT2D eigenvalue weighted by molar-refractivity contribution is 0.0682. The van der Waals surface area contributed by atoms with E-state index in [1.807, 2.05) is 4.90 Å². The minimum Gasteiger partial charge on any atom is -0.317 e. The predicted molar refractivity (Wildman–Crippen MR) is 48.0 cm³/mol. The Labute approximate surface area is 78.2 Å². The number of piperidine rings is 1. The zero-order valence-electron chi connectivity index (χ0n) is 7.95. The summed E-state index contributed by atoms with van der Waals surface area (Å²) < 4.78 is 0. The van der Waals surface area contributed by atoms with Gasteiger partial charge in [0, 0.05) is 12.1 Å². The number of hydrogen-bond donors (Lipinski definition) is 1. The van der Waals surface area contributed by atoms with Gasteiger partial charge in [-0.15, -0.1) is 0 Å². The lowest BCUT2D eigenvalue weighted by Gasteiger charge is -2.34. The van der Waals surface area contributed by atoms with E-state index < -0.39 is 0 Å². The Balaban J connectivity index is 2.02. The van der Waals surface area contributed by atoms with Gasteiger partial charge < -0.3 is 4.90 Å². The van der Waals surface area contributed by atoms with Gasteiger partial charge in [0.2, 0.25) is 0 Å². The molecule has 2 saturated heterocycles. The molecule has 2 amide bonds. The molecule has 74 valence electrons. The normalized spacial score (nSPS) is 31.9. The third kappa shape index (κ3) is 1.50. The molecule has 2 heterocycles. The van der Waals surface area contributed by atoms with Gasteiger partial charge in [0.1, 0.15) is 0 Å². The van der Waals surface area contributed by atoms with Crippen LogP contribution in [-0.2, 0) is 4.84 Å². The Hall–Kier alpha value is -0.770. The van der Waals surface area contributed by atoms with Crippen LogP contribution in [0.2, 0.25) is 0 Å². The highest BCUT2D eigenvalue weighted by atomic mass is 16.6. The first kappa shape index (κ1) is 8.81. The molecular formula is C9H16N2O2. The first-order valence-corrected chi connectivity index (χ1v) is 4.94. The monoisotopic (exact) mass is 184 g/mol. The van der Waals surface area contributed by atoms with E-state index in [0.717, 1.165) is 12.8 Å². The summed E-state index contributed by atoms with van der Waals surface area (Å²) in [7, 11) is 1.48. The van der Waals surface area contributed by atoms with Crippen LogP contribution in [0.25, 0.3) is 0 Å². The standard InChI is InChI=1S/C9H16N2O2/c1-13-10-9(12)11-7-3-2-4-8(11)6-5-7/h7-8H,2-6H2,1H3,(H,10,12). The SMILES string of the molecule is CONC(=O)N1C2CCCC1CC2. The Bertz CT molecular complexity index is 192. The molecule has 2 rings (SSSR count). The van der Waals surface area contributed by atoms with Crippen LogP contribution in [0.3, 0.4) is 0 Å². The highest BCUT2D eigenvalue weighted by Crippen LogP contribution is 2.35. The quantitative estimate of drug-likeness (QED) is 0.623. The number of nitrogens with zero attached hydrogens (tertiary/aromatic N) is 1. The lowest BCUT2D eigenvalue weighted by Crippen LogP contribution is -2.48. The molecule has 2 unspecified atom stereocenters. The molecule has 2 bridgehead atoms. The molecule has 0 aromatic carbocycles. The molecule has 13 heavy (non-hydrogen) atoms. The predicted octanol–water partition coefficient (Wildman–Crippen LogP) is 1.27. The first-order valence-electron chi connectivity index (χ1n) is 4.94. The Morgan fingerprint density at radius 2 is 1.92 bits per heavy atom. The number of rotatable bonds is 1. The maximum absolute atomic E-state index is 11.5. The third-order valence-corrected chi connectivity index (χ3v) is 3.12. The molecule has 2 fully saturated rings. The fourth-order valence-electron chi connectivity index (χ4n) is 2.59. The maximum Gasteiger partial charge on any atom is 0.341 e. The van der Waals surface area contributed by atoms with Gasteiger partial charge in [0.25, 0.3) is 0 Å². The number of carbonyl (C=O) groups excluding carboxylic acids is 1. The Morgan fingerprint density at radius 3 is 2.46 bits per heavy atom. The molecule has 0 aromatic rings. The second kappa shape index (κ2) is 3.54. The number of hydrogen-bond acceptors (Lipinski definition) is 2. The summed E-state index contributed by atoms with van der Waals surface area (Å²) in [5.41, 5.74) is 2.40. The zero-order chi connectivity index (χ0) is 9.26. The largest absolute Gasteiger partial charge is 0.341 e. The highest BCUT2D eigenvalue weighted by molar-refractivity contribution is 5.74. The van der Waals surface area contributed by atoms with Crippen LogP contribution in [-0.4, -0.2) is 30.1 Å². The molecule has 0 aliphatic carbocycles. The van der Waals surface area contributed by atoms with Gasteiger partial charge in [-0.2, -0.15) is 0 Å². The molecule has 2 atom stereocenters. The summed E-state index contributed by atoms with van der Waals surface area (Å²) in [4.78, 5) is 18.2. The van der Waals surface area contributed by atoms with Crippen molar-refractivity contribution in [2.75, 3.05) is 7.11 Å². The van der Waals surface area contributed by atoms with Crippen molar-refractivity contribution in [1.82, 2.24) is 10.4 Å². The summed E-state index contributed by atoms with van der Waals surface area (Å²) >= 11 is 0. The molecule has 1 N–H and O–H groups in total. The van der Waals surface area contributed by atoms with Crippen molar-refractivity contribution < 1.29 is 9.63 Å². The van der Waals surface area contributed by atoms with Crippen molar-refractivity contribution in [1.29, 1.82) is 0 Å². The molecule has 0 radical (unpaired) electrons. The molecule has 4 heteroatoms. The van der Waals surface area contributed by atoms with Crippen molar-refractivity contribution in [3.05, 3.63) is 0 Å². The third-order valence-electron chi connectivity index (χ3n) is 3.12. The fourth-order valence-corrected chi connectivity index (χ4v) is 2.59. The van der Waals surface area contributed by atoms with Crippen molar-refractivity contribution in [3.63, 3.8) is 0 Å². The maximum atomic E-state index is 11.5. The first-order chi connectivity index (χ1) is 6.33. The number of carbonyl (C=O) groups is 1. The van der Waals surface area contributed by atoms with E-state index in [0.29, 0.717) is 12.1 Å². The van der Waals surface area contributed by atoms with Gasteiger partial charge in [-0.25, -0.2) is 10.3 Å². The van der Waals surface area contributed by atoms with Gasteiger partial charge in [0.15, 0.2) is 0 Å². The molecule has 0 spiro atoms. The minimum absolute atomic E-state index is 0.0605. The molecule has 2 aliphatic heterocycles.